The van der Waals surface area contributed by atoms with Gasteiger partial charge in [0.1, 0.15) is 0 Å². The fraction of sp³-hybridized carbons (Fsp3) is 0.833. The zero-order valence-corrected chi connectivity index (χ0v) is 4.91. The van der Waals surface area contributed by atoms with E-state index >= 15 is 0 Å². The Labute approximate surface area is 49.7 Å². The molecule has 2 nitrogen and oxygen atoms in total. The largest absolute Gasteiger partial charge is 0.453 e. The minimum absolute atomic E-state index is 0.870. The van der Waals surface area contributed by atoms with Crippen LogP contribution in [0.25, 0.3) is 0 Å². The lowest BCUT2D eigenvalue weighted by Gasteiger charge is -2.23. The van der Waals surface area contributed by atoms with Gasteiger partial charge in [-0.05, 0) is 13.1 Å². The summed E-state index contributed by atoms with van der Waals surface area (Å²) in [6.07, 6.45) is 4.11. The van der Waals surface area contributed by atoms with Gasteiger partial charge in [-0.2, -0.15) is 6.17 Å². The molecule has 0 aromatic rings. The van der Waals surface area contributed by atoms with Gasteiger partial charge in [-0.15, -0.1) is 5.92 Å². The van der Waals surface area contributed by atoms with E-state index in [1.165, 1.54) is 32.1 Å². The van der Waals surface area contributed by atoms with E-state index in [-0.39, 0.29) is 0 Å². The number of rotatable bonds is 0. The first-order valence-corrected chi connectivity index (χ1v) is 3.31. The lowest BCUT2D eigenvalue weighted by atomic mass is 10.1. The van der Waals surface area contributed by atoms with E-state index in [0.717, 1.165) is 5.92 Å². The maximum absolute atomic E-state index is 3.32. The van der Waals surface area contributed by atoms with Crippen LogP contribution in [-0.2, 0) is 0 Å². The van der Waals surface area contributed by atoms with Gasteiger partial charge >= 0.3 is 0 Å². The van der Waals surface area contributed by atoms with Gasteiger partial charge in [0.15, 0.2) is 0 Å². The van der Waals surface area contributed by atoms with E-state index in [2.05, 4.69) is 10.6 Å². The van der Waals surface area contributed by atoms with E-state index in [9.17, 15) is 0 Å². The van der Waals surface area contributed by atoms with Crippen molar-refractivity contribution >= 4 is 0 Å². The Morgan fingerprint density at radius 3 is 2.25 bits per heavy atom. The van der Waals surface area contributed by atoms with Gasteiger partial charge in [-0.25, -0.2) is 0 Å². The summed E-state index contributed by atoms with van der Waals surface area (Å²) in [7, 11) is 0. The zero-order valence-electron chi connectivity index (χ0n) is 4.91. The molecule has 2 aliphatic rings. The van der Waals surface area contributed by atoms with Gasteiger partial charge in [0, 0.05) is 0 Å². The highest BCUT2D eigenvalue weighted by molar-refractivity contribution is 5.01. The number of nitrogens with one attached hydrogen (secondary N) is 2. The quantitative estimate of drug-likeness (QED) is 0.432. The third kappa shape index (κ3) is 0.565. The molecule has 2 aliphatic heterocycles. The van der Waals surface area contributed by atoms with Gasteiger partial charge in [-0.3, -0.25) is 0 Å². The van der Waals surface area contributed by atoms with Crippen molar-refractivity contribution in [2.24, 2.45) is 5.92 Å². The third-order valence-corrected chi connectivity index (χ3v) is 2.02. The van der Waals surface area contributed by atoms with E-state index < -0.39 is 0 Å². The molecule has 2 saturated heterocycles. The summed E-state index contributed by atoms with van der Waals surface area (Å²) in [6.45, 7) is 2.38. The van der Waals surface area contributed by atoms with Crippen LogP contribution in [0.3, 0.4) is 0 Å². The van der Waals surface area contributed by atoms with Crippen LogP contribution in [0.15, 0.2) is 0 Å². The first-order chi connectivity index (χ1) is 3.97. The van der Waals surface area contributed by atoms with Gasteiger partial charge in [0.05, 0.1) is 0 Å². The molecular formula is C6H11N2-. The predicted octanol–water partition coefficient (Wildman–Crippen LogP) is 0.0787. The molecule has 2 heteroatoms. The SMILES string of the molecule is C1CC2CCN[C-]2N1. The predicted molar refractivity (Wildman–Crippen MR) is 32.0 cm³/mol. The second-order valence-corrected chi connectivity index (χ2v) is 2.54. The standard InChI is InChI=1S/C6H11N2/c1-3-7-6-5(1)2-4-8-6/h5,7-8H,1-4H2/q-1. The molecule has 0 aliphatic carbocycles. The van der Waals surface area contributed by atoms with Crippen LogP contribution >= 0.6 is 0 Å². The highest BCUT2D eigenvalue weighted by Crippen LogP contribution is 2.26. The lowest BCUT2D eigenvalue weighted by molar-refractivity contribution is 0.616. The zero-order chi connectivity index (χ0) is 5.40. The molecule has 0 aromatic carbocycles. The van der Waals surface area contributed by atoms with Crippen LogP contribution in [0.2, 0.25) is 0 Å². The molecule has 0 saturated carbocycles. The number of hydrogen-bond acceptors (Lipinski definition) is 2. The van der Waals surface area contributed by atoms with Crippen molar-refractivity contribution in [3.05, 3.63) is 6.17 Å². The van der Waals surface area contributed by atoms with Gasteiger partial charge in [-0.1, -0.05) is 12.8 Å². The fourth-order valence-electron chi connectivity index (χ4n) is 1.55. The smallest absolute Gasteiger partial charge is 0.0334 e. The highest BCUT2D eigenvalue weighted by atomic mass is 15.2. The summed E-state index contributed by atoms with van der Waals surface area (Å²) in [5.74, 6) is 0.870. The first kappa shape index (κ1) is 4.77. The molecule has 2 N–H and O–H groups in total. The summed E-state index contributed by atoms with van der Waals surface area (Å²) in [4.78, 5) is 0. The van der Waals surface area contributed by atoms with Crippen molar-refractivity contribution in [1.29, 1.82) is 0 Å². The average Bonchev–Trinajstić information content (AvgIpc) is 2.15. The summed E-state index contributed by atoms with van der Waals surface area (Å²) in [6, 6.07) is 0. The minimum Gasteiger partial charge on any atom is -0.453 e. The first-order valence-electron chi connectivity index (χ1n) is 3.31. The maximum Gasteiger partial charge on any atom is -0.0334 e. The third-order valence-electron chi connectivity index (χ3n) is 2.02. The van der Waals surface area contributed by atoms with Crippen molar-refractivity contribution in [3.8, 4) is 0 Å². The maximum atomic E-state index is 3.32. The van der Waals surface area contributed by atoms with Crippen molar-refractivity contribution in [2.75, 3.05) is 13.1 Å². The van der Waals surface area contributed by atoms with Crippen LogP contribution < -0.4 is 10.6 Å². The molecule has 2 rings (SSSR count). The van der Waals surface area contributed by atoms with E-state index in [1.54, 1.807) is 0 Å². The van der Waals surface area contributed by atoms with Crippen LogP contribution in [0.4, 0.5) is 0 Å². The molecule has 2 heterocycles. The molecule has 8 heavy (non-hydrogen) atoms. The van der Waals surface area contributed by atoms with E-state index in [1.807, 2.05) is 0 Å². The molecule has 0 aromatic heterocycles. The number of fused-ring (bicyclic) bond motifs is 1. The second-order valence-electron chi connectivity index (χ2n) is 2.54. The summed E-state index contributed by atoms with van der Waals surface area (Å²) in [5, 5.41) is 6.65. The number of hydrogen-bond donors (Lipinski definition) is 2. The van der Waals surface area contributed by atoms with Crippen LogP contribution in [0, 0.1) is 12.1 Å². The fourth-order valence-corrected chi connectivity index (χ4v) is 1.55. The Balaban J connectivity index is 2.04. The van der Waals surface area contributed by atoms with E-state index in [0.29, 0.717) is 0 Å². The Morgan fingerprint density at radius 2 is 1.75 bits per heavy atom. The Bertz CT molecular complexity index is 72.5. The van der Waals surface area contributed by atoms with Crippen LogP contribution in [0.5, 0.6) is 0 Å². The average molecular weight is 111 g/mol. The van der Waals surface area contributed by atoms with E-state index in [4.69, 9.17) is 0 Å². The normalized spacial score (nSPS) is 31.5. The van der Waals surface area contributed by atoms with Gasteiger partial charge in [0.25, 0.3) is 0 Å². The van der Waals surface area contributed by atoms with Crippen LogP contribution in [0.1, 0.15) is 12.8 Å². The molecule has 0 spiro atoms. The molecule has 46 valence electrons. The molecule has 0 amide bonds. The minimum atomic E-state index is 0.870. The molecule has 0 atom stereocenters. The van der Waals surface area contributed by atoms with Crippen molar-refractivity contribution in [1.82, 2.24) is 10.6 Å². The van der Waals surface area contributed by atoms with Crippen molar-refractivity contribution in [3.63, 3.8) is 0 Å². The Kier molecular flexibility index (Phi) is 1.02. The van der Waals surface area contributed by atoms with Crippen molar-refractivity contribution in [2.45, 2.75) is 12.8 Å². The summed E-state index contributed by atoms with van der Waals surface area (Å²) >= 11 is 0. The van der Waals surface area contributed by atoms with Gasteiger partial charge in [0.2, 0.25) is 0 Å². The molecule has 0 unspecified atom stereocenters. The van der Waals surface area contributed by atoms with Gasteiger partial charge < -0.3 is 10.6 Å². The van der Waals surface area contributed by atoms with Crippen molar-refractivity contribution < 1.29 is 0 Å². The molecule has 2 fully saturated rings. The monoisotopic (exact) mass is 111 g/mol. The molecule has 0 radical (unpaired) electrons. The second kappa shape index (κ2) is 1.71. The molecule has 0 bridgehead atoms. The highest BCUT2D eigenvalue weighted by Gasteiger charge is 2.17. The Hall–Kier alpha value is -0.0800. The lowest BCUT2D eigenvalue weighted by Crippen LogP contribution is -2.25. The Morgan fingerprint density at radius 1 is 1.12 bits per heavy atom. The molecular weight excluding hydrogens is 100 g/mol. The summed E-state index contributed by atoms with van der Waals surface area (Å²) in [5.41, 5.74) is 0. The van der Waals surface area contributed by atoms with Crippen LogP contribution in [-0.4, -0.2) is 13.1 Å². The summed E-state index contributed by atoms with van der Waals surface area (Å²) < 4.78 is 0. The topological polar surface area (TPSA) is 24.1 Å².